The minimum atomic E-state index is -1.11. The van der Waals surface area contributed by atoms with Gasteiger partial charge < -0.3 is 10.1 Å². The van der Waals surface area contributed by atoms with E-state index in [1.807, 2.05) is 6.92 Å². The lowest BCUT2D eigenvalue weighted by molar-refractivity contribution is -0.147. The number of halogens is 1. The molecular weight excluding hydrogens is 261 g/mol. The number of carbonyl (C=O) groups excluding carboxylic acids is 2. The molecule has 1 amide bonds. The molecule has 0 spiro atoms. The molecular formula is C15H20FNO3. The SMILES string of the molecule is CCCC(C)(NC(=O)c1cc(C)cc(F)c1)C(=O)OC. The van der Waals surface area contributed by atoms with Gasteiger partial charge in [-0.3, -0.25) is 4.79 Å². The summed E-state index contributed by atoms with van der Waals surface area (Å²) in [6.07, 6.45) is 1.15. The van der Waals surface area contributed by atoms with Crippen molar-refractivity contribution in [3.63, 3.8) is 0 Å². The molecule has 0 aliphatic carbocycles. The molecule has 20 heavy (non-hydrogen) atoms. The molecule has 0 aliphatic heterocycles. The standard InChI is InChI=1S/C15H20FNO3/c1-5-6-15(3,14(19)20-4)17-13(18)11-7-10(2)8-12(16)9-11/h7-9H,5-6H2,1-4H3,(H,17,18). The molecule has 1 rings (SSSR count). The average molecular weight is 281 g/mol. The first-order chi connectivity index (χ1) is 9.32. The van der Waals surface area contributed by atoms with E-state index in [0.29, 0.717) is 18.4 Å². The van der Waals surface area contributed by atoms with Crippen molar-refractivity contribution in [2.24, 2.45) is 0 Å². The molecule has 5 heteroatoms. The van der Waals surface area contributed by atoms with Crippen LogP contribution in [0.4, 0.5) is 4.39 Å². The van der Waals surface area contributed by atoms with E-state index in [4.69, 9.17) is 4.74 Å². The fraction of sp³-hybridized carbons (Fsp3) is 0.467. The molecule has 1 unspecified atom stereocenters. The molecule has 0 fully saturated rings. The second kappa shape index (κ2) is 6.50. The molecule has 110 valence electrons. The van der Waals surface area contributed by atoms with Gasteiger partial charge >= 0.3 is 5.97 Å². The van der Waals surface area contributed by atoms with Crippen LogP contribution in [-0.4, -0.2) is 24.5 Å². The Balaban J connectivity index is 2.99. The van der Waals surface area contributed by atoms with Crippen LogP contribution in [-0.2, 0) is 9.53 Å². The molecule has 0 aromatic heterocycles. The lowest BCUT2D eigenvalue weighted by Gasteiger charge is -2.27. The average Bonchev–Trinajstić information content (AvgIpc) is 2.36. The van der Waals surface area contributed by atoms with Crippen molar-refractivity contribution in [2.45, 2.75) is 39.2 Å². The van der Waals surface area contributed by atoms with Crippen molar-refractivity contribution in [1.82, 2.24) is 5.32 Å². The number of esters is 1. The zero-order chi connectivity index (χ0) is 15.3. The molecule has 1 aromatic rings. The van der Waals surface area contributed by atoms with Gasteiger partial charge in [-0.25, -0.2) is 9.18 Å². The Morgan fingerprint density at radius 3 is 2.50 bits per heavy atom. The van der Waals surface area contributed by atoms with Crippen molar-refractivity contribution in [1.29, 1.82) is 0 Å². The summed E-state index contributed by atoms with van der Waals surface area (Å²) in [4.78, 5) is 24.0. The summed E-state index contributed by atoms with van der Waals surface area (Å²) in [7, 11) is 1.27. The first-order valence-corrected chi connectivity index (χ1v) is 6.50. The smallest absolute Gasteiger partial charge is 0.331 e. The van der Waals surface area contributed by atoms with E-state index in [1.54, 1.807) is 19.9 Å². The van der Waals surface area contributed by atoms with Gasteiger partial charge in [0.1, 0.15) is 11.4 Å². The van der Waals surface area contributed by atoms with Gasteiger partial charge in [-0.15, -0.1) is 0 Å². The number of nitrogens with one attached hydrogen (secondary N) is 1. The van der Waals surface area contributed by atoms with Crippen LogP contribution in [0.15, 0.2) is 18.2 Å². The van der Waals surface area contributed by atoms with Crippen LogP contribution in [0.25, 0.3) is 0 Å². The van der Waals surface area contributed by atoms with Gasteiger partial charge in [0.2, 0.25) is 0 Å². The summed E-state index contributed by atoms with van der Waals surface area (Å²) in [6.45, 7) is 5.21. The first kappa shape index (κ1) is 16.1. The highest BCUT2D eigenvalue weighted by Crippen LogP contribution is 2.16. The zero-order valence-corrected chi connectivity index (χ0v) is 12.2. The van der Waals surface area contributed by atoms with E-state index >= 15 is 0 Å². The molecule has 0 radical (unpaired) electrons. The number of ether oxygens (including phenoxy) is 1. The van der Waals surface area contributed by atoms with E-state index < -0.39 is 23.2 Å². The Morgan fingerprint density at radius 2 is 2.00 bits per heavy atom. The Kier molecular flexibility index (Phi) is 5.25. The summed E-state index contributed by atoms with van der Waals surface area (Å²) in [6, 6.07) is 4.05. The largest absolute Gasteiger partial charge is 0.467 e. The maximum absolute atomic E-state index is 13.3. The highest BCUT2D eigenvalue weighted by atomic mass is 19.1. The van der Waals surface area contributed by atoms with Crippen LogP contribution < -0.4 is 5.32 Å². The number of benzene rings is 1. The van der Waals surface area contributed by atoms with Gasteiger partial charge in [0.15, 0.2) is 0 Å². The van der Waals surface area contributed by atoms with Crippen LogP contribution in [0.1, 0.15) is 42.6 Å². The van der Waals surface area contributed by atoms with Gasteiger partial charge in [0.05, 0.1) is 7.11 Å². The Hall–Kier alpha value is -1.91. The zero-order valence-electron chi connectivity index (χ0n) is 12.2. The third kappa shape index (κ3) is 3.79. The van der Waals surface area contributed by atoms with Crippen LogP contribution in [0.5, 0.6) is 0 Å². The maximum Gasteiger partial charge on any atom is 0.331 e. The molecule has 0 saturated heterocycles. The van der Waals surface area contributed by atoms with E-state index in [-0.39, 0.29) is 5.56 Å². The van der Waals surface area contributed by atoms with Gasteiger partial charge in [-0.05, 0) is 44.0 Å². The maximum atomic E-state index is 13.3. The fourth-order valence-corrected chi connectivity index (χ4v) is 2.13. The van der Waals surface area contributed by atoms with Crippen LogP contribution in [0, 0.1) is 12.7 Å². The normalized spacial score (nSPS) is 13.4. The molecule has 0 bridgehead atoms. The number of aryl methyl sites for hydroxylation is 1. The number of carbonyl (C=O) groups is 2. The van der Waals surface area contributed by atoms with Crippen LogP contribution in [0.3, 0.4) is 0 Å². The molecule has 0 saturated carbocycles. The molecule has 1 aromatic carbocycles. The number of hydrogen-bond acceptors (Lipinski definition) is 3. The minimum absolute atomic E-state index is 0.189. The van der Waals surface area contributed by atoms with E-state index in [1.165, 1.54) is 13.2 Å². The third-order valence-electron chi connectivity index (χ3n) is 3.08. The van der Waals surface area contributed by atoms with E-state index in [9.17, 15) is 14.0 Å². The fourth-order valence-electron chi connectivity index (χ4n) is 2.13. The summed E-state index contributed by atoms with van der Waals surface area (Å²) in [5.41, 5.74) is -0.278. The second-order valence-electron chi connectivity index (χ2n) is 5.05. The molecule has 0 aliphatic rings. The van der Waals surface area contributed by atoms with E-state index in [0.717, 1.165) is 6.07 Å². The van der Waals surface area contributed by atoms with Crippen molar-refractivity contribution < 1.29 is 18.7 Å². The van der Waals surface area contributed by atoms with Crippen LogP contribution >= 0.6 is 0 Å². The number of methoxy groups -OCH3 is 1. The van der Waals surface area contributed by atoms with Gasteiger partial charge in [0.25, 0.3) is 5.91 Å². The highest BCUT2D eigenvalue weighted by molar-refractivity contribution is 5.98. The van der Waals surface area contributed by atoms with E-state index in [2.05, 4.69) is 5.32 Å². The Labute approximate surface area is 118 Å². The summed E-state index contributed by atoms with van der Waals surface area (Å²) < 4.78 is 18.0. The molecule has 1 atom stereocenters. The predicted molar refractivity (Wildman–Crippen MR) is 73.9 cm³/mol. The number of amides is 1. The quantitative estimate of drug-likeness (QED) is 0.844. The Bertz CT molecular complexity index is 496. The monoisotopic (exact) mass is 281 g/mol. The van der Waals surface area contributed by atoms with Gasteiger partial charge in [-0.2, -0.15) is 0 Å². The number of rotatable bonds is 5. The lowest BCUT2D eigenvalue weighted by Crippen LogP contribution is -2.52. The first-order valence-electron chi connectivity index (χ1n) is 6.50. The van der Waals surface area contributed by atoms with Crippen molar-refractivity contribution >= 4 is 11.9 Å². The third-order valence-corrected chi connectivity index (χ3v) is 3.08. The predicted octanol–water partition coefficient (Wildman–Crippen LogP) is 2.60. The summed E-state index contributed by atoms with van der Waals surface area (Å²) in [5, 5.41) is 2.64. The number of hydrogen-bond donors (Lipinski definition) is 1. The van der Waals surface area contributed by atoms with Gasteiger partial charge in [-0.1, -0.05) is 13.3 Å². The van der Waals surface area contributed by atoms with Crippen molar-refractivity contribution in [3.05, 3.63) is 35.1 Å². The highest BCUT2D eigenvalue weighted by Gasteiger charge is 2.35. The van der Waals surface area contributed by atoms with Crippen molar-refractivity contribution in [2.75, 3.05) is 7.11 Å². The van der Waals surface area contributed by atoms with Crippen molar-refractivity contribution in [3.8, 4) is 0 Å². The molecule has 0 heterocycles. The topological polar surface area (TPSA) is 55.4 Å². The summed E-state index contributed by atoms with van der Waals surface area (Å²) in [5.74, 6) is -1.49. The van der Waals surface area contributed by atoms with Gasteiger partial charge in [0, 0.05) is 5.56 Å². The molecule has 4 nitrogen and oxygen atoms in total. The molecule has 1 N–H and O–H groups in total. The second-order valence-corrected chi connectivity index (χ2v) is 5.05. The summed E-state index contributed by atoms with van der Waals surface area (Å²) >= 11 is 0. The lowest BCUT2D eigenvalue weighted by atomic mass is 9.95. The minimum Gasteiger partial charge on any atom is -0.467 e. The van der Waals surface area contributed by atoms with Crippen LogP contribution in [0.2, 0.25) is 0 Å². The Morgan fingerprint density at radius 1 is 1.35 bits per heavy atom.